The van der Waals surface area contributed by atoms with E-state index in [4.69, 9.17) is 0 Å². The monoisotopic (exact) mass is 161 g/mol. The van der Waals surface area contributed by atoms with Crippen LogP contribution in [0.3, 0.4) is 0 Å². The van der Waals surface area contributed by atoms with E-state index < -0.39 is 0 Å². The molecule has 0 atom stereocenters. The van der Waals surface area contributed by atoms with Crippen LogP contribution in [0.15, 0.2) is 0 Å². The second kappa shape index (κ2) is 6.56. The molecule has 0 saturated heterocycles. The molecule has 0 aliphatic heterocycles. The van der Waals surface area contributed by atoms with E-state index in [2.05, 4.69) is 15.8 Å². The SMILES string of the molecule is CCOC(=O)CNC#P=O. The molecule has 56 valence electrons. The summed E-state index contributed by atoms with van der Waals surface area (Å²) in [6, 6.07) is 0. The summed E-state index contributed by atoms with van der Waals surface area (Å²) in [5, 5.41) is 2.37. The third-order valence-electron chi connectivity index (χ3n) is 0.663. The maximum absolute atomic E-state index is 10.5. The Morgan fingerprint density at radius 1 is 1.80 bits per heavy atom. The Labute approximate surface area is 60.1 Å². The van der Waals surface area contributed by atoms with E-state index in [1.807, 2.05) is 0 Å². The molecule has 0 bridgehead atoms. The molecule has 0 aromatic heterocycles. The van der Waals surface area contributed by atoms with Gasteiger partial charge >= 0.3 is 59.1 Å². The Balaban J connectivity index is 3.36. The molecule has 0 amide bonds. The number of carbonyl (C=O) groups excluding carboxylic acids is 1. The van der Waals surface area contributed by atoms with E-state index in [1.54, 1.807) is 6.92 Å². The van der Waals surface area contributed by atoms with Gasteiger partial charge in [-0.1, -0.05) is 0 Å². The van der Waals surface area contributed by atoms with Crippen LogP contribution in [0.4, 0.5) is 0 Å². The van der Waals surface area contributed by atoms with Gasteiger partial charge in [0.1, 0.15) is 0 Å². The van der Waals surface area contributed by atoms with Crippen LogP contribution in [0.2, 0.25) is 0 Å². The van der Waals surface area contributed by atoms with E-state index in [1.165, 1.54) is 0 Å². The van der Waals surface area contributed by atoms with E-state index in [9.17, 15) is 9.36 Å². The van der Waals surface area contributed by atoms with Crippen molar-refractivity contribution in [1.29, 1.82) is 0 Å². The van der Waals surface area contributed by atoms with Gasteiger partial charge in [-0.25, -0.2) is 0 Å². The molecule has 10 heavy (non-hydrogen) atoms. The van der Waals surface area contributed by atoms with Gasteiger partial charge in [0.05, 0.1) is 0 Å². The number of ether oxygens (including phenoxy) is 1. The zero-order chi connectivity index (χ0) is 7.82. The summed E-state index contributed by atoms with van der Waals surface area (Å²) >= 11 is 0. The number of nitrogens with one attached hydrogen (secondary N) is 1. The molecule has 0 heterocycles. The molecule has 0 aliphatic rings. The predicted molar refractivity (Wildman–Crippen MR) is 36.1 cm³/mol. The fraction of sp³-hybridized carbons (Fsp3) is 0.600. The summed E-state index contributed by atoms with van der Waals surface area (Å²) in [6.07, 6.45) is 0. The number of rotatable bonds is 3. The molecule has 0 unspecified atom stereocenters. The van der Waals surface area contributed by atoms with Crippen molar-refractivity contribution in [3.8, 4) is 5.75 Å². The number of carbonyl (C=O) groups is 1. The Morgan fingerprint density at radius 2 is 2.50 bits per heavy atom. The average molecular weight is 161 g/mol. The molecule has 0 aromatic carbocycles. The van der Waals surface area contributed by atoms with Crippen LogP contribution in [0.1, 0.15) is 6.92 Å². The van der Waals surface area contributed by atoms with E-state index in [0.717, 1.165) is 0 Å². The third-order valence-corrected chi connectivity index (χ3v) is 0.912. The molecule has 5 heteroatoms. The summed E-state index contributed by atoms with van der Waals surface area (Å²) in [6.45, 7) is 2.09. The zero-order valence-corrected chi connectivity index (χ0v) is 6.48. The van der Waals surface area contributed by atoms with Crippen molar-refractivity contribution >= 4 is 13.9 Å². The first-order chi connectivity index (χ1) is 4.81. The van der Waals surface area contributed by atoms with Crippen LogP contribution >= 0.6 is 7.92 Å². The van der Waals surface area contributed by atoms with Crippen molar-refractivity contribution in [2.24, 2.45) is 0 Å². The van der Waals surface area contributed by atoms with Gasteiger partial charge in [-0.2, -0.15) is 0 Å². The third kappa shape index (κ3) is 5.57. The van der Waals surface area contributed by atoms with Crippen LogP contribution in [0, 0.1) is 5.75 Å². The summed E-state index contributed by atoms with van der Waals surface area (Å²) in [7, 11) is -0.258. The summed E-state index contributed by atoms with van der Waals surface area (Å²) in [5.41, 5.74) is 0. The molecule has 0 aromatic rings. The molecule has 0 saturated carbocycles. The minimum atomic E-state index is -0.376. The maximum atomic E-state index is 10.5. The second-order valence-electron chi connectivity index (χ2n) is 1.36. The van der Waals surface area contributed by atoms with Crippen molar-refractivity contribution in [3.05, 3.63) is 0 Å². The van der Waals surface area contributed by atoms with Crippen molar-refractivity contribution in [2.45, 2.75) is 6.92 Å². The van der Waals surface area contributed by atoms with E-state index >= 15 is 0 Å². The second-order valence-corrected chi connectivity index (χ2v) is 1.77. The van der Waals surface area contributed by atoms with Gasteiger partial charge in [0, 0.05) is 0 Å². The quantitative estimate of drug-likeness (QED) is 0.368. The van der Waals surface area contributed by atoms with Gasteiger partial charge in [-0.15, -0.1) is 0 Å². The molecular formula is C5H8NO3P. The Bertz CT molecular complexity index is 196. The Kier molecular flexibility index (Phi) is 6.19. The molecule has 0 fully saturated rings. The normalized spacial score (nSPS) is 8.10. The topological polar surface area (TPSA) is 55.4 Å². The Morgan fingerprint density at radius 3 is 3.00 bits per heavy atom. The number of hydrogen-bond acceptors (Lipinski definition) is 4. The predicted octanol–water partition coefficient (Wildman–Crippen LogP) is 0.347. The number of esters is 1. The van der Waals surface area contributed by atoms with Gasteiger partial charge in [0.2, 0.25) is 0 Å². The summed E-state index contributed by atoms with van der Waals surface area (Å²) in [4.78, 5) is 10.5. The zero-order valence-electron chi connectivity index (χ0n) is 5.59. The first-order valence-electron chi connectivity index (χ1n) is 2.77. The molecule has 0 rings (SSSR count). The molecular weight excluding hydrogens is 153 g/mol. The van der Waals surface area contributed by atoms with Crippen molar-refractivity contribution in [3.63, 3.8) is 0 Å². The van der Waals surface area contributed by atoms with Crippen LogP contribution in [0.5, 0.6) is 0 Å². The average Bonchev–Trinajstić information content (AvgIpc) is 1.89. The van der Waals surface area contributed by atoms with E-state index in [0.29, 0.717) is 6.61 Å². The van der Waals surface area contributed by atoms with Crippen LogP contribution in [-0.2, 0) is 14.1 Å². The first kappa shape index (κ1) is 9.44. The Hall–Kier alpha value is -0.560. The fourth-order valence-corrected chi connectivity index (χ4v) is 0.500. The van der Waals surface area contributed by atoms with Gasteiger partial charge in [-0.05, 0) is 0 Å². The van der Waals surface area contributed by atoms with Gasteiger partial charge in [0.25, 0.3) is 0 Å². The van der Waals surface area contributed by atoms with Crippen molar-refractivity contribution in [2.75, 3.05) is 13.2 Å². The van der Waals surface area contributed by atoms with Gasteiger partial charge < -0.3 is 0 Å². The van der Waals surface area contributed by atoms with Gasteiger partial charge in [-0.3, -0.25) is 0 Å². The molecule has 0 spiro atoms. The van der Waals surface area contributed by atoms with Gasteiger partial charge in [0.15, 0.2) is 0 Å². The number of hydrogen-bond donors (Lipinski definition) is 1. The first-order valence-corrected chi connectivity index (χ1v) is 3.58. The van der Waals surface area contributed by atoms with Crippen LogP contribution < -0.4 is 5.32 Å². The molecule has 4 nitrogen and oxygen atoms in total. The summed E-state index contributed by atoms with van der Waals surface area (Å²) in [5.74, 6) is 1.83. The molecule has 0 aliphatic carbocycles. The molecule has 1 N–H and O–H groups in total. The summed E-state index contributed by atoms with van der Waals surface area (Å²) < 4.78 is 14.3. The minimum absolute atomic E-state index is 0.0169. The van der Waals surface area contributed by atoms with Crippen molar-refractivity contribution in [1.82, 2.24) is 5.32 Å². The van der Waals surface area contributed by atoms with Crippen LogP contribution in [-0.4, -0.2) is 19.1 Å². The molecule has 0 radical (unpaired) electrons. The van der Waals surface area contributed by atoms with Crippen molar-refractivity contribution < 1.29 is 14.1 Å². The fourth-order valence-electron chi connectivity index (χ4n) is 0.356. The van der Waals surface area contributed by atoms with Crippen LogP contribution in [0.25, 0.3) is 0 Å². The van der Waals surface area contributed by atoms with E-state index in [-0.39, 0.29) is 20.4 Å². The standard InChI is InChI=1S/C5H8NO3P/c1-2-9-5(7)3-6-4-10-8/h6H,2-3H2,1H3.